The lowest BCUT2D eigenvalue weighted by atomic mass is 9.81. The summed E-state index contributed by atoms with van der Waals surface area (Å²) in [7, 11) is 3.36. The van der Waals surface area contributed by atoms with Crippen LogP contribution in [0, 0.1) is 12.8 Å². The van der Waals surface area contributed by atoms with Crippen molar-refractivity contribution in [2.75, 3.05) is 19.4 Å². The monoisotopic (exact) mass is 446 g/mol. The zero-order chi connectivity index (χ0) is 24.1. The first-order valence-electron chi connectivity index (χ1n) is 10.7. The number of nitrogens with zero attached hydrogens (tertiary/aromatic N) is 1. The molecule has 1 aromatic carbocycles. The largest absolute Gasteiger partial charge is 0.444 e. The fraction of sp³-hybridized carbons (Fsp3) is 0.565. The number of ether oxygens (including phenoxy) is 1. The minimum absolute atomic E-state index is 0.0390. The smallest absolute Gasteiger partial charge is 0.407 e. The third kappa shape index (κ3) is 7.55. The van der Waals surface area contributed by atoms with Gasteiger partial charge in [0.05, 0.1) is 6.04 Å². The van der Waals surface area contributed by atoms with Gasteiger partial charge >= 0.3 is 17.9 Å². The van der Waals surface area contributed by atoms with Gasteiger partial charge < -0.3 is 25.6 Å². The number of aryl methyl sites for hydroxylation is 1. The summed E-state index contributed by atoms with van der Waals surface area (Å²) in [6, 6.07) is 6.03. The molecule has 2 rings (SSSR count). The Morgan fingerprint density at radius 1 is 0.938 bits per heavy atom. The Bertz CT molecular complexity index is 845. The highest BCUT2D eigenvalue weighted by Gasteiger charge is 2.37. The van der Waals surface area contributed by atoms with Crippen LogP contribution >= 0.6 is 0 Å². The molecule has 3 N–H and O–H groups in total. The van der Waals surface area contributed by atoms with Crippen LogP contribution in [0.25, 0.3) is 0 Å². The molecule has 3 atom stereocenters. The highest BCUT2D eigenvalue weighted by molar-refractivity contribution is 6.39. The maximum absolute atomic E-state index is 12.5. The first-order valence-corrected chi connectivity index (χ1v) is 10.7. The van der Waals surface area contributed by atoms with Crippen LogP contribution in [0.3, 0.4) is 0 Å². The molecule has 1 fully saturated rings. The van der Waals surface area contributed by atoms with Crippen LogP contribution in [-0.2, 0) is 19.1 Å². The van der Waals surface area contributed by atoms with Crippen LogP contribution in [0.2, 0.25) is 0 Å². The van der Waals surface area contributed by atoms with Crippen LogP contribution in [0.1, 0.15) is 45.6 Å². The predicted molar refractivity (Wildman–Crippen MR) is 121 cm³/mol. The normalized spacial score (nSPS) is 20.6. The van der Waals surface area contributed by atoms with E-state index in [1.165, 1.54) is 4.90 Å². The second-order valence-electron chi connectivity index (χ2n) is 9.40. The minimum atomic E-state index is -0.802. The summed E-state index contributed by atoms with van der Waals surface area (Å²) in [4.78, 5) is 51.2. The van der Waals surface area contributed by atoms with E-state index in [1.807, 2.05) is 19.1 Å². The summed E-state index contributed by atoms with van der Waals surface area (Å²) in [5.74, 6) is -1.93. The van der Waals surface area contributed by atoms with E-state index in [4.69, 9.17) is 4.74 Å². The fourth-order valence-electron chi connectivity index (χ4n) is 3.61. The lowest BCUT2D eigenvalue weighted by Gasteiger charge is -2.37. The molecule has 0 aromatic heterocycles. The van der Waals surface area contributed by atoms with Crippen LogP contribution in [0.4, 0.5) is 10.5 Å². The van der Waals surface area contributed by atoms with Gasteiger partial charge in [0, 0.05) is 31.7 Å². The van der Waals surface area contributed by atoms with Crippen molar-refractivity contribution in [1.29, 1.82) is 0 Å². The van der Waals surface area contributed by atoms with Gasteiger partial charge in [-0.1, -0.05) is 17.7 Å². The van der Waals surface area contributed by atoms with E-state index in [9.17, 15) is 19.2 Å². The van der Waals surface area contributed by atoms with Gasteiger partial charge in [-0.2, -0.15) is 0 Å². The van der Waals surface area contributed by atoms with E-state index in [-0.39, 0.29) is 11.8 Å². The van der Waals surface area contributed by atoms with Crippen molar-refractivity contribution >= 4 is 29.5 Å². The van der Waals surface area contributed by atoms with E-state index in [2.05, 4.69) is 16.0 Å². The first-order chi connectivity index (χ1) is 14.9. The molecule has 176 valence electrons. The topological polar surface area (TPSA) is 117 Å². The van der Waals surface area contributed by atoms with Gasteiger partial charge in [-0.15, -0.1) is 0 Å². The Hall–Kier alpha value is -3.10. The summed E-state index contributed by atoms with van der Waals surface area (Å²) in [6.07, 6.45) is 0.673. The van der Waals surface area contributed by atoms with Crippen molar-refractivity contribution in [3.05, 3.63) is 29.8 Å². The summed E-state index contributed by atoms with van der Waals surface area (Å²) in [5, 5.41) is 8.05. The molecule has 1 aliphatic rings. The van der Waals surface area contributed by atoms with E-state index < -0.39 is 35.6 Å². The first kappa shape index (κ1) is 25.2. The number of hydrogen-bond donors (Lipinski definition) is 3. The highest BCUT2D eigenvalue weighted by Crippen LogP contribution is 2.27. The molecular formula is C23H34N4O5. The molecule has 0 radical (unpaired) electrons. The predicted octanol–water partition coefficient (Wildman–Crippen LogP) is 2.20. The number of nitrogens with one attached hydrogen (secondary N) is 3. The van der Waals surface area contributed by atoms with Crippen LogP contribution < -0.4 is 16.0 Å². The van der Waals surface area contributed by atoms with Crippen LogP contribution in [-0.4, -0.2) is 60.5 Å². The Labute approximate surface area is 189 Å². The second-order valence-corrected chi connectivity index (χ2v) is 9.40. The van der Waals surface area contributed by atoms with Crippen molar-refractivity contribution in [2.45, 2.75) is 64.6 Å². The van der Waals surface area contributed by atoms with Gasteiger partial charge in [-0.3, -0.25) is 14.4 Å². The lowest BCUT2D eigenvalue weighted by Crippen LogP contribution is -2.57. The molecule has 1 aliphatic carbocycles. The van der Waals surface area contributed by atoms with Crippen molar-refractivity contribution in [2.24, 2.45) is 5.92 Å². The lowest BCUT2D eigenvalue weighted by molar-refractivity contribution is -0.137. The molecule has 9 heteroatoms. The van der Waals surface area contributed by atoms with Crippen molar-refractivity contribution in [3.8, 4) is 0 Å². The third-order valence-electron chi connectivity index (χ3n) is 5.17. The maximum atomic E-state index is 12.5. The number of carbonyl (C=O) groups is 4. The zero-order valence-electron chi connectivity index (χ0n) is 19.7. The number of anilines is 1. The summed E-state index contributed by atoms with van der Waals surface area (Å²) in [6.45, 7) is 7.18. The van der Waals surface area contributed by atoms with E-state index in [0.717, 1.165) is 5.56 Å². The third-order valence-corrected chi connectivity index (χ3v) is 5.17. The number of carbonyl (C=O) groups excluding carboxylic acids is 4. The number of benzene rings is 1. The molecule has 0 spiro atoms. The Morgan fingerprint density at radius 3 is 2.12 bits per heavy atom. The number of amides is 4. The maximum Gasteiger partial charge on any atom is 0.407 e. The molecule has 32 heavy (non-hydrogen) atoms. The van der Waals surface area contributed by atoms with Gasteiger partial charge in [-0.25, -0.2) is 4.79 Å². The van der Waals surface area contributed by atoms with E-state index in [1.54, 1.807) is 47.0 Å². The summed E-state index contributed by atoms with van der Waals surface area (Å²) < 4.78 is 5.34. The van der Waals surface area contributed by atoms with Gasteiger partial charge in [0.25, 0.3) is 0 Å². The van der Waals surface area contributed by atoms with Gasteiger partial charge in [0.1, 0.15) is 5.60 Å². The minimum Gasteiger partial charge on any atom is -0.444 e. The van der Waals surface area contributed by atoms with Gasteiger partial charge in [0.15, 0.2) is 0 Å². The fourth-order valence-corrected chi connectivity index (χ4v) is 3.61. The standard InChI is InChI=1S/C23H34N4O5/c1-14-7-10-16(11-8-14)24-19(28)20(29)25-17-12-9-15(21(30)27(5)6)13-18(17)26-22(31)32-23(2,3)4/h7-8,10-11,15,17-18H,9,12-13H2,1-6H3,(H,24,28)(H,25,29)(H,26,31)/t15-,17?,18?/m0/s1. The van der Waals surface area contributed by atoms with Gasteiger partial charge in [-0.05, 0) is 59.1 Å². The Balaban J connectivity index is 2.07. The molecule has 1 aromatic rings. The molecule has 9 nitrogen and oxygen atoms in total. The molecule has 1 saturated carbocycles. The molecule has 0 aliphatic heterocycles. The average molecular weight is 447 g/mol. The van der Waals surface area contributed by atoms with Gasteiger partial charge in [0.2, 0.25) is 5.91 Å². The van der Waals surface area contributed by atoms with Crippen molar-refractivity contribution in [1.82, 2.24) is 15.5 Å². The molecule has 4 amide bonds. The highest BCUT2D eigenvalue weighted by atomic mass is 16.6. The Morgan fingerprint density at radius 2 is 1.56 bits per heavy atom. The molecule has 0 heterocycles. The molecule has 0 saturated heterocycles. The number of alkyl carbamates (subject to hydrolysis) is 1. The molecule has 2 unspecified atom stereocenters. The quantitative estimate of drug-likeness (QED) is 0.613. The van der Waals surface area contributed by atoms with E-state index >= 15 is 0 Å². The second kappa shape index (κ2) is 10.5. The Kier molecular flexibility index (Phi) is 8.24. The SMILES string of the molecule is Cc1ccc(NC(=O)C(=O)NC2CC[C@H](C(=O)N(C)C)CC2NC(=O)OC(C)(C)C)cc1. The van der Waals surface area contributed by atoms with Crippen molar-refractivity contribution in [3.63, 3.8) is 0 Å². The van der Waals surface area contributed by atoms with Crippen LogP contribution in [0.5, 0.6) is 0 Å². The number of hydrogen-bond acceptors (Lipinski definition) is 5. The number of rotatable bonds is 4. The average Bonchev–Trinajstić information content (AvgIpc) is 2.68. The molecular weight excluding hydrogens is 412 g/mol. The van der Waals surface area contributed by atoms with Crippen LogP contribution in [0.15, 0.2) is 24.3 Å². The van der Waals surface area contributed by atoms with Crippen molar-refractivity contribution < 1.29 is 23.9 Å². The van der Waals surface area contributed by atoms with E-state index in [0.29, 0.717) is 24.9 Å². The summed E-state index contributed by atoms with van der Waals surface area (Å²) in [5.41, 5.74) is 0.858. The zero-order valence-corrected chi connectivity index (χ0v) is 19.7. The molecule has 0 bridgehead atoms. The summed E-state index contributed by atoms with van der Waals surface area (Å²) >= 11 is 0.